The molecule has 0 unspecified atom stereocenters. The van der Waals surface area contributed by atoms with Crippen molar-refractivity contribution in [2.45, 2.75) is 20.4 Å². The van der Waals surface area contributed by atoms with Crippen molar-refractivity contribution < 1.29 is 14.3 Å². The predicted octanol–water partition coefficient (Wildman–Crippen LogP) is 2.08. The van der Waals surface area contributed by atoms with E-state index in [1.165, 1.54) is 0 Å². The minimum atomic E-state index is 0.0266. The molecular weight excluding hydrogens is 336 g/mol. The Balaban J connectivity index is 1.79. The van der Waals surface area contributed by atoms with Gasteiger partial charge in [0.05, 0.1) is 4.47 Å². The number of hydrogen-bond acceptors (Lipinski definition) is 4. The first-order chi connectivity index (χ1) is 10.1. The highest BCUT2D eigenvalue weighted by Gasteiger charge is 2.16. The van der Waals surface area contributed by atoms with Gasteiger partial charge in [-0.15, -0.1) is 0 Å². The zero-order valence-corrected chi connectivity index (χ0v) is 14.0. The Morgan fingerprint density at radius 3 is 2.81 bits per heavy atom. The molecule has 1 heterocycles. The smallest absolute Gasteiger partial charge is 0.222 e. The molecule has 0 atom stereocenters. The first-order valence-electron chi connectivity index (χ1n) is 7.14. The van der Waals surface area contributed by atoms with Crippen molar-refractivity contribution >= 4 is 21.8 Å². The number of fused-ring (bicyclic) bond motifs is 1. The Bertz CT molecular complexity index is 506. The van der Waals surface area contributed by atoms with Crippen molar-refractivity contribution in [3.8, 4) is 11.5 Å². The number of amides is 1. The lowest BCUT2D eigenvalue weighted by Crippen LogP contribution is -2.34. The molecule has 0 fully saturated rings. The number of carbonyl (C=O) groups excluding carboxylic acids is 1. The molecule has 1 aliphatic heterocycles. The minimum Gasteiger partial charge on any atom is -0.486 e. The minimum absolute atomic E-state index is 0.0266. The Hall–Kier alpha value is -1.27. The fourth-order valence-electron chi connectivity index (χ4n) is 1.98. The number of ether oxygens (including phenoxy) is 2. The van der Waals surface area contributed by atoms with E-state index in [2.05, 4.69) is 26.6 Å². The molecule has 0 radical (unpaired) electrons. The van der Waals surface area contributed by atoms with Gasteiger partial charge in [-0.2, -0.15) is 0 Å². The zero-order chi connectivity index (χ0) is 15.2. The summed E-state index contributed by atoms with van der Waals surface area (Å²) < 4.78 is 12.1. The van der Waals surface area contributed by atoms with E-state index in [1.54, 1.807) is 0 Å². The number of carbonyl (C=O) groups is 1. The van der Waals surface area contributed by atoms with Crippen LogP contribution < -0.4 is 20.1 Å². The normalized spacial score (nSPS) is 13.3. The Kier molecular flexibility index (Phi) is 5.87. The Morgan fingerprint density at radius 1 is 1.29 bits per heavy atom. The molecule has 1 amide bonds. The molecule has 2 rings (SSSR count). The number of benzene rings is 1. The summed E-state index contributed by atoms with van der Waals surface area (Å²) in [4.78, 5) is 11.4. The van der Waals surface area contributed by atoms with Crippen LogP contribution in [0.25, 0.3) is 0 Å². The summed E-state index contributed by atoms with van der Waals surface area (Å²) in [7, 11) is 0. The van der Waals surface area contributed by atoms with Crippen LogP contribution in [0.1, 0.15) is 19.4 Å². The molecule has 0 spiro atoms. The van der Waals surface area contributed by atoms with Crippen LogP contribution in [0.5, 0.6) is 11.5 Å². The molecule has 116 valence electrons. The monoisotopic (exact) mass is 356 g/mol. The summed E-state index contributed by atoms with van der Waals surface area (Å²) in [6, 6.07) is 4.01. The summed E-state index contributed by atoms with van der Waals surface area (Å²) in [5.41, 5.74) is 1.11. The lowest BCUT2D eigenvalue weighted by atomic mass is 10.2. The topological polar surface area (TPSA) is 59.6 Å². The maximum Gasteiger partial charge on any atom is 0.222 e. The lowest BCUT2D eigenvalue weighted by molar-refractivity contribution is -0.123. The molecule has 6 heteroatoms. The molecule has 1 aromatic carbocycles. The van der Waals surface area contributed by atoms with Gasteiger partial charge < -0.3 is 20.1 Å². The predicted molar refractivity (Wildman–Crippen MR) is 84.7 cm³/mol. The van der Waals surface area contributed by atoms with Crippen LogP contribution in [-0.4, -0.2) is 32.2 Å². The van der Waals surface area contributed by atoms with Gasteiger partial charge >= 0.3 is 0 Å². The molecule has 0 aliphatic carbocycles. The van der Waals surface area contributed by atoms with Crippen LogP contribution in [0.4, 0.5) is 0 Å². The summed E-state index contributed by atoms with van der Waals surface area (Å²) in [5.74, 6) is 1.66. The molecule has 0 bridgehead atoms. The SMILES string of the molecule is CC(C)C(=O)NCCNCc1cc(Br)c2c(c1)OCCO2. The van der Waals surface area contributed by atoms with Crippen LogP contribution >= 0.6 is 15.9 Å². The van der Waals surface area contributed by atoms with Crippen LogP contribution in [0, 0.1) is 5.92 Å². The van der Waals surface area contributed by atoms with Crippen molar-refractivity contribution in [2.24, 2.45) is 5.92 Å². The lowest BCUT2D eigenvalue weighted by Gasteiger charge is -2.20. The van der Waals surface area contributed by atoms with Crippen LogP contribution in [0.2, 0.25) is 0 Å². The summed E-state index contributed by atoms with van der Waals surface area (Å²) in [6.07, 6.45) is 0. The van der Waals surface area contributed by atoms with E-state index in [-0.39, 0.29) is 11.8 Å². The fraction of sp³-hybridized carbons (Fsp3) is 0.533. The molecule has 0 aromatic heterocycles. The molecule has 21 heavy (non-hydrogen) atoms. The van der Waals surface area contributed by atoms with E-state index >= 15 is 0 Å². The first-order valence-corrected chi connectivity index (χ1v) is 7.93. The third kappa shape index (κ3) is 4.61. The second kappa shape index (κ2) is 7.66. The van der Waals surface area contributed by atoms with Gasteiger partial charge in [0.1, 0.15) is 13.2 Å². The molecule has 5 nitrogen and oxygen atoms in total. The highest BCUT2D eigenvalue weighted by atomic mass is 79.9. The highest BCUT2D eigenvalue weighted by molar-refractivity contribution is 9.10. The van der Waals surface area contributed by atoms with Gasteiger partial charge in [0.25, 0.3) is 0 Å². The Labute approximate surface area is 133 Å². The molecule has 1 aromatic rings. The summed E-state index contributed by atoms with van der Waals surface area (Å²) >= 11 is 3.50. The fourth-order valence-corrected chi connectivity index (χ4v) is 2.58. The van der Waals surface area contributed by atoms with Crippen molar-refractivity contribution in [3.05, 3.63) is 22.2 Å². The molecular formula is C15H21BrN2O3. The quantitative estimate of drug-likeness (QED) is 0.766. The van der Waals surface area contributed by atoms with Gasteiger partial charge in [-0.25, -0.2) is 0 Å². The molecule has 0 saturated heterocycles. The van der Waals surface area contributed by atoms with E-state index in [4.69, 9.17) is 9.47 Å². The van der Waals surface area contributed by atoms with E-state index in [0.717, 1.165) is 28.1 Å². The van der Waals surface area contributed by atoms with E-state index in [1.807, 2.05) is 26.0 Å². The van der Waals surface area contributed by atoms with E-state index in [9.17, 15) is 4.79 Å². The van der Waals surface area contributed by atoms with Gasteiger partial charge in [-0.05, 0) is 33.6 Å². The van der Waals surface area contributed by atoms with Gasteiger partial charge in [0.15, 0.2) is 11.5 Å². The van der Waals surface area contributed by atoms with Crippen LogP contribution in [-0.2, 0) is 11.3 Å². The standard InChI is InChI=1S/C15H21BrN2O3/c1-10(2)15(19)18-4-3-17-9-11-7-12(16)14-13(8-11)20-5-6-21-14/h7-8,10,17H,3-6,9H2,1-2H3,(H,18,19). The second-order valence-electron chi connectivity index (χ2n) is 5.22. The van der Waals surface area contributed by atoms with Crippen LogP contribution in [0.3, 0.4) is 0 Å². The van der Waals surface area contributed by atoms with Crippen LogP contribution in [0.15, 0.2) is 16.6 Å². The maximum absolute atomic E-state index is 11.4. The molecule has 2 N–H and O–H groups in total. The third-order valence-electron chi connectivity index (χ3n) is 3.11. The average molecular weight is 357 g/mol. The summed E-state index contributed by atoms with van der Waals surface area (Å²) in [5, 5.41) is 6.17. The maximum atomic E-state index is 11.4. The van der Waals surface area contributed by atoms with Gasteiger partial charge in [-0.3, -0.25) is 4.79 Å². The number of rotatable bonds is 6. The van der Waals surface area contributed by atoms with Crippen molar-refractivity contribution in [3.63, 3.8) is 0 Å². The number of nitrogens with one attached hydrogen (secondary N) is 2. The highest BCUT2D eigenvalue weighted by Crippen LogP contribution is 2.38. The Morgan fingerprint density at radius 2 is 2.05 bits per heavy atom. The second-order valence-corrected chi connectivity index (χ2v) is 6.08. The summed E-state index contributed by atoms with van der Waals surface area (Å²) in [6.45, 7) is 7.00. The molecule has 0 saturated carbocycles. The number of hydrogen-bond donors (Lipinski definition) is 2. The van der Waals surface area contributed by atoms with Gasteiger partial charge in [0, 0.05) is 25.6 Å². The van der Waals surface area contributed by atoms with Crippen molar-refractivity contribution in [2.75, 3.05) is 26.3 Å². The first kappa shape index (κ1) is 16.1. The van der Waals surface area contributed by atoms with Gasteiger partial charge in [0.2, 0.25) is 5.91 Å². The number of halogens is 1. The molecule has 1 aliphatic rings. The largest absolute Gasteiger partial charge is 0.486 e. The van der Waals surface area contributed by atoms with Crippen molar-refractivity contribution in [1.29, 1.82) is 0 Å². The van der Waals surface area contributed by atoms with Crippen molar-refractivity contribution in [1.82, 2.24) is 10.6 Å². The third-order valence-corrected chi connectivity index (χ3v) is 3.70. The van der Waals surface area contributed by atoms with Gasteiger partial charge in [-0.1, -0.05) is 13.8 Å². The zero-order valence-electron chi connectivity index (χ0n) is 12.4. The van der Waals surface area contributed by atoms with E-state index < -0.39 is 0 Å². The van der Waals surface area contributed by atoms with E-state index in [0.29, 0.717) is 26.3 Å². The average Bonchev–Trinajstić information content (AvgIpc) is 2.46.